The summed E-state index contributed by atoms with van der Waals surface area (Å²) in [5.74, 6) is -0.910. The van der Waals surface area contributed by atoms with Gasteiger partial charge in [-0.1, -0.05) is 13.8 Å². The Morgan fingerprint density at radius 3 is 1.44 bits per heavy atom. The number of fused-ring (bicyclic) bond motifs is 3. The van der Waals surface area contributed by atoms with Crippen LogP contribution >= 0.6 is 0 Å². The van der Waals surface area contributed by atoms with Crippen LogP contribution in [0.5, 0.6) is 0 Å². The molecule has 2 bridgehead atoms. The van der Waals surface area contributed by atoms with Gasteiger partial charge in [0.25, 0.3) is 0 Å². The van der Waals surface area contributed by atoms with Crippen molar-refractivity contribution in [3.05, 3.63) is 0 Å². The zero-order chi connectivity index (χ0) is 12.1. The van der Waals surface area contributed by atoms with Gasteiger partial charge in [-0.3, -0.25) is 14.6 Å². The van der Waals surface area contributed by atoms with E-state index in [1.165, 1.54) is 39.3 Å². The van der Waals surface area contributed by atoms with E-state index in [2.05, 4.69) is 9.80 Å². The highest BCUT2D eigenvalue weighted by molar-refractivity contribution is 5.73. The number of carboxylic acids is 1. The van der Waals surface area contributed by atoms with Crippen LogP contribution in [0.2, 0.25) is 0 Å². The molecule has 0 aromatic rings. The molecule has 0 saturated carbocycles. The van der Waals surface area contributed by atoms with Gasteiger partial charge >= 0.3 is 5.97 Å². The predicted molar refractivity (Wildman–Crippen MR) is 63.3 cm³/mol. The molecule has 94 valence electrons. The van der Waals surface area contributed by atoms with Gasteiger partial charge in [-0.05, 0) is 5.92 Å². The second-order valence-corrected chi connectivity index (χ2v) is 4.79. The van der Waals surface area contributed by atoms with Gasteiger partial charge in [0, 0.05) is 39.3 Å². The molecule has 3 rings (SSSR count). The van der Waals surface area contributed by atoms with E-state index in [1.54, 1.807) is 13.8 Å². The number of nitrogens with two attached hydrogens (primary N) is 1. The minimum absolute atomic E-state index is 0.0208. The lowest BCUT2D eigenvalue weighted by Crippen LogP contribution is -2.55. The molecular weight excluding hydrogens is 206 g/mol. The van der Waals surface area contributed by atoms with Gasteiger partial charge in [-0.25, -0.2) is 0 Å². The molecule has 5 nitrogen and oxygen atoms in total. The molecule has 0 aromatic carbocycles. The molecule has 3 aliphatic rings. The second-order valence-electron chi connectivity index (χ2n) is 4.79. The Morgan fingerprint density at radius 1 is 1.06 bits per heavy atom. The Balaban J connectivity index is 0.000000160. The Morgan fingerprint density at radius 2 is 1.38 bits per heavy atom. The maximum absolute atomic E-state index is 10.0. The summed E-state index contributed by atoms with van der Waals surface area (Å²) in [6, 6.07) is -0.713. The summed E-state index contributed by atoms with van der Waals surface area (Å²) in [5, 5.41) is 8.23. The van der Waals surface area contributed by atoms with E-state index >= 15 is 0 Å². The van der Waals surface area contributed by atoms with Crippen LogP contribution in [-0.2, 0) is 4.79 Å². The van der Waals surface area contributed by atoms with Crippen molar-refractivity contribution in [2.45, 2.75) is 19.9 Å². The van der Waals surface area contributed by atoms with Crippen LogP contribution in [0.25, 0.3) is 0 Å². The van der Waals surface area contributed by atoms with Gasteiger partial charge in [0.1, 0.15) is 6.04 Å². The summed E-state index contributed by atoms with van der Waals surface area (Å²) in [7, 11) is 0. The first kappa shape index (κ1) is 13.4. The SMILES string of the molecule is C1CN2CCN1CC2.CC(C)[C@H](N)C(=O)O. The lowest BCUT2D eigenvalue weighted by atomic mass is 10.1. The quantitative estimate of drug-likeness (QED) is 0.678. The predicted octanol–water partition coefficient (Wildman–Crippen LogP) is -0.328. The maximum Gasteiger partial charge on any atom is 0.320 e. The fourth-order valence-electron chi connectivity index (χ4n) is 1.80. The van der Waals surface area contributed by atoms with Crippen molar-refractivity contribution in [3.8, 4) is 0 Å². The molecule has 0 aromatic heterocycles. The Kier molecular flexibility index (Phi) is 5.18. The van der Waals surface area contributed by atoms with Crippen LogP contribution in [0.1, 0.15) is 13.8 Å². The average Bonchev–Trinajstić information content (AvgIpc) is 2.31. The molecule has 5 heteroatoms. The largest absolute Gasteiger partial charge is 0.480 e. The van der Waals surface area contributed by atoms with Crippen LogP contribution in [-0.4, -0.2) is 66.2 Å². The van der Waals surface area contributed by atoms with Crippen LogP contribution in [0.15, 0.2) is 0 Å². The number of nitrogens with zero attached hydrogens (tertiary/aromatic N) is 2. The summed E-state index contributed by atoms with van der Waals surface area (Å²) < 4.78 is 0. The number of carboxylic acid groups (broad SMARTS) is 1. The Hall–Kier alpha value is -0.650. The minimum Gasteiger partial charge on any atom is -0.480 e. The lowest BCUT2D eigenvalue weighted by Gasteiger charge is -2.41. The smallest absolute Gasteiger partial charge is 0.320 e. The van der Waals surface area contributed by atoms with E-state index in [0.717, 1.165) is 0 Å². The van der Waals surface area contributed by atoms with Gasteiger partial charge in [0.2, 0.25) is 0 Å². The van der Waals surface area contributed by atoms with Crippen LogP contribution in [0, 0.1) is 5.92 Å². The molecule has 16 heavy (non-hydrogen) atoms. The first-order valence-electron chi connectivity index (χ1n) is 5.94. The number of hydrogen-bond donors (Lipinski definition) is 2. The third-order valence-electron chi connectivity index (χ3n) is 3.20. The van der Waals surface area contributed by atoms with E-state index in [1.807, 2.05) is 0 Å². The fourth-order valence-corrected chi connectivity index (χ4v) is 1.80. The van der Waals surface area contributed by atoms with Crippen molar-refractivity contribution in [1.82, 2.24) is 9.80 Å². The highest BCUT2D eigenvalue weighted by Crippen LogP contribution is 2.06. The highest BCUT2D eigenvalue weighted by atomic mass is 16.4. The zero-order valence-electron chi connectivity index (χ0n) is 10.2. The van der Waals surface area contributed by atoms with Gasteiger partial charge < -0.3 is 10.8 Å². The molecule has 3 aliphatic heterocycles. The van der Waals surface area contributed by atoms with Crippen molar-refractivity contribution < 1.29 is 9.90 Å². The molecule has 3 N–H and O–H groups in total. The molecule has 0 aliphatic carbocycles. The number of rotatable bonds is 2. The number of piperazine rings is 3. The number of aliphatic carboxylic acids is 1. The average molecular weight is 229 g/mol. The maximum atomic E-state index is 10.0. The summed E-state index contributed by atoms with van der Waals surface area (Å²) >= 11 is 0. The molecule has 0 unspecified atom stereocenters. The van der Waals surface area contributed by atoms with Crippen molar-refractivity contribution in [1.29, 1.82) is 0 Å². The molecule has 0 spiro atoms. The van der Waals surface area contributed by atoms with E-state index in [0.29, 0.717) is 0 Å². The molecule has 3 fully saturated rings. The van der Waals surface area contributed by atoms with Crippen LogP contribution in [0.4, 0.5) is 0 Å². The van der Waals surface area contributed by atoms with Gasteiger partial charge in [0.05, 0.1) is 0 Å². The van der Waals surface area contributed by atoms with E-state index < -0.39 is 12.0 Å². The van der Waals surface area contributed by atoms with Crippen LogP contribution in [0.3, 0.4) is 0 Å². The normalized spacial score (nSPS) is 29.5. The van der Waals surface area contributed by atoms with Crippen LogP contribution < -0.4 is 5.73 Å². The standard InChI is InChI=1S/C6H12N2.C5H11NO2/c1-2-8-5-3-7(1)4-6-8;1-3(2)4(6)5(7)8/h1-6H2;3-4H,6H2,1-2H3,(H,7,8)/t;4-/m.0/s1. The summed E-state index contributed by atoms with van der Waals surface area (Å²) in [5.41, 5.74) is 5.16. The molecule has 3 saturated heterocycles. The van der Waals surface area contributed by atoms with Gasteiger partial charge in [-0.2, -0.15) is 0 Å². The third kappa shape index (κ3) is 4.08. The highest BCUT2D eigenvalue weighted by Gasteiger charge is 2.21. The zero-order valence-corrected chi connectivity index (χ0v) is 10.2. The fraction of sp³-hybridized carbons (Fsp3) is 0.909. The van der Waals surface area contributed by atoms with Crippen molar-refractivity contribution in [2.75, 3.05) is 39.3 Å². The Labute approximate surface area is 97.2 Å². The van der Waals surface area contributed by atoms with E-state index in [4.69, 9.17) is 10.8 Å². The summed E-state index contributed by atoms with van der Waals surface area (Å²) in [6.07, 6.45) is 0. The van der Waals surface area contributed by atoms with Crippen molar-refractivity contribution in [2.24, 2.45) is 11.7 Å². The summed E-state index contributed by atoms with van der Waals surface area (Å²) in [6.45, 7) is 11.5. The molecule has 3 heterocycles. The Bertz CT molecular complexity index is 202. The topological polar surface area (TPSA) is 69.8 Å². The first-order valence-corrected chi connectivity index (χ1v) is 5.94. The molecule has 0 radical (unpaired) electrons. The van der Waals surface area contributed by atoms with Crippen molar-refractivity contribution >= 4 is 5.97 Å². The minimum atomic E-state index is -0.931. The van der Waals surface area contributed by atoms with E-state index in [-0.39, 0.29) is 5.92 Å². The third-order valence-corrected chi connectivity index (χ3v) is 3.20. The number of hydrogen-bond acceptors (Lipinski definition) is 4. The van der Waals surface area contributed by atoms with Gasteiger partial charge in [-0.15, -0.1) is 0 Å². The molecule has 1 atom stereocenters. The molecule has 0 amide bonds. The monoisotopic (exact) mass is 229 g/mol. The van der Waals surface area contributed by atoms with E-state index in [9.17, 15) is 4.79 Å². The number of carbonyl (C=O) groups is 1. The second kappa shape index (κ2) is 6.18. The summed E-state index contributed by atoms with van der Waals surface area (Å²) in [4.78, 5) is 15.1. The molecular formula is C11H23N3O2. The lowest BCUT2D eigenvalue weighted by molar-refractivity contribution is -0.139. The van der Waals surface area contributed by atoms with Crippen molar-refractivity contribution in [3.63, 3.8) is 0 Å². The first-order chi connectivity index (χ1) is 7.50. The van der Waals surface area contributed by atoms with Gasteiger partial charge in [0.15, 0.2) is 0 Å².